The summed E-state index contributed by atoms with van der Waals surface area (Å²) in [4.78, 5) is 0. The Morgan fingerprint density at radius 1 is 0.846 bits per heavy atom. The van der Waals surface area contributed by atoms with Gasteiger partial charge in [0.2, 0.25) is 0 Å². The highest BCUT2D eigenvalue weighted by molar-refractivity contribution is 5.17. The minimum atomic E-state index is -0.932. The summed E-state index contributed by atoms with van der Waals surface area (Å²) in [7, 11) is 0. The SMILES string of the molecule is CC1(C)O[C@@H]2[C@H](O1)[C@@H]1OC[C@@H](O1)[C@H]2O[C@H]1C[C@@H]2CO[C@@H](c3ccccc3)O[C@H]2[C@H](OCc2ccccc2)[C@H]1O. The molecule has 0 aromatic heterocycles. The van der Waals surface area contributed by atoms with Crippen molar-refractivity contribution < 1.29 is 43.0 Å². The standard InChI is InChI=1S/C30H36O9/c1-30(2)38-26-24(21-16-34-29(36-21)27(26)39-30)35-20-13-19-15-33-28(18-11-7-4-8-12-18)37-23(19)25(22(20)31)32-14-17-9-5-3-6-10-17/h3-12,19-29,31H,13-16H2,1-2H3/t19-,20+,21-,22+,23-,24-,25-,26+,27+,28-,29-/m1/s1. The second kappa shape index (κ2) is 10.5. The van der Waals surface area contributed by atoms with E-state index in [2.05, 4.69) is 0 Å². The van der Waals surface area contributed by atoms with Crippen molar-refractivity contribution in [2.24, 2.45) is 5.92 Å². The molecule has 4 aliphatic heterocycles. The van der Waals surface area contributed by atoms with Crippen LogP contribution in [0.25, 0.3) is 0 Å². The summed E-state index contributed by atoms with van der Waals surface area (Å²) in [6.45, 7) is 4.96. The summed E-state index contributed by atoms with van der Waals surface area (Å²) in [5.74, 6) is -0.798. The molecule has 0 amide bonds. The second-order valence-electron chi connectivity index (χ2n) is 11.5. The molecule has 2 aromatic rings. The van der Waals surface area contributed by atoms with Crippen molar-refractivity contribution in [2.75, 3.05) is 13.2 Å². The maximum absolute atomic E-state index is 11.7. The fourth-order valence-electron chi connectivity index (χ4n) is 6.52. The minimum Gasteiger partial charge on any atom is -0.388 e. The number of aliphatic hydroxyl groups excluding tert-OH is 1. The molecule has 5 fully saturated rings. The Morgan fingerprint density at radius 3 is 2.38 bits per heavy atom. The van der Waals surface area contributed by atoms with Gasteiger partial charge < -0.3 is 43.0 Å². The minimum absolute atomic E-state index is 0.0239. The molecule has 7 rings (SSSR count). The maximum atomic E-state index is 11.7. The molecule has 1 N–H and O–H groups in total. The Kier molecular flexibility index (Phi) is 6.99. The number of aliphatic hydroxyl groups is 1. The van der Waals surface area contributed by atoms with E-state index in [4.69, 9.17) is 37.9 Å². The summed E-state index contributed by atoms with van der Waals surface area (Å²) >= 11 is 0. The predicted molar refractivity (Wildman–Crippen MR) is 136 cm³/mol. The molecule has 11 atom stereocenters. The van der Waals surface area contributed by atoms with Crippen LogP contribution < -0.4 is 0 Å². The van der Waals surface area contributed by atoms with E-state index >= 15 is 0 Å². The highest BCUT2D eigenvalue weighted by atomic mass is 16.8. The van der Waals surface area contributed by atoms with Crippen LogP contribution in [0.2, 0.25) is 0 Å². The zero-order valence-corrected chi connectivity index (χ0v) is 22.2. The van der Waals surface area contributed by atoms with Gasteiger partial charge in [0.15, 0.2) is 18.4 Å². The van der Waals surface area contributed by atoms with Gasteiger partial charge in [0.25, 0.3) is 0 Å². The average molecular weight is 541 g/mol. The number of fused-ring (bicyclic) bond motifs is 5. The highest BCUT2D eigenvalue weighted by Gasteiger charge is 2.60. The van der Waals surface area contributed by atoms with Crippen molar-refractivity contribution in [3.05, 3.63) is 71.8 Å². The Morgan fingerprint density at radius 2 is 1.59 bits per heavy atom. The Balaban J connectivity index is 1.12. The van der Waals surface area contributed by atoms with Crippen LogP contribution in [0.4, 0.5) is 0 Å². The van der Waals surface area contributed by atoms with Gasteiger partial charge in [0, 0.05) is 11.5 Å². The van der Waals surface area contributed by atoms with E-state index in [0.29, 0.717) is 26.2 Å². The summed E-state index contributed by atoms with van der Waals surface area (Å²) in [6, 6.07) is 19.8. The van der Waals surface area contributed by atoms with Crippen LogP contribution in [-0.2, 0) is 44.5 Å². The zero-order chi connectivity index (χ0) is 26.6. The molecule has 0 unspecified atom stereocenters. The first-order valence-electron chi connectivity index (χ1n) is 13.9. The summed E-state index contributed by atoms with van der Waals surface area (Å²) in [5, 5.41) is 11.7. The first kappa shape index (κ1) is 26.0. The summed E-state index contributed by atoms with van der Waals surface area (Å²) in [5.41, 5.74) is 1.96. The Hall–Kier alpha value is -1.92. The van der Waals surface area contributed by atoms with Crippen LogP contribution >= 0.6 is 0 Å². The third-order valence-electron chi connectivity index (χ3n) is 8.33. The number of benzene rings is 2. The second-order valence-corrected chi connectivity index (χ2v) is 11.5. The molecule has 39 heavy (non-hydrogen) atoms. The normalized spacial score (nSPS) is 42.6. The fraction of sp³-hybridized carbons (Fsp3) is 0.600. The number of ether oxygens (including phenoxy) is 8. The van der Waals surface area contributed by atoms with Gasteiger partial charge in [0.05, 0.1) is 32.0 Å². The van der Waals surface area contributed by atoms with Gasteiger partial charge in [-0.1, -0.05) is 60.7 Å². The van der Waals surface area contributed by atoms with Crippen molar-refractivity contribution in [1.82, 2.24) is 0 Å². The third kappa shape index (κ3) is 5.05. The van der Waals surface area contributed by atoms with Gasteiger partial charge in [-0.25, -0.2) is 0 Å². The van der Waals surface area contributed by atoms with Crippen LogP contribution in [0.1, 0.15) is 37.7 Å². The molecule has 4 saturated heterocycles. The van der Waals surface area contributed by atoms with E-state index in [0.717, 1.165) is 11.1 Å². The quantitative estimate of drug-likeness (QED) is 0.593. The molecule has 2 aromatic carbocycles. The lowest BCUT2D eigenvalue weighted by molar-refractivity contribution is -0.311. The molecule has 1 aliphatic carbocycles. The first-order valence-corrected chi connectivity index (χ1v) is 13.9. The van der Waals surface area contributed by atoms with E-state index in [1.807, 2.05) is 74.5 Å². The first-order chi connectivity index (χ1) is 18.9. The lowest BCUT2D eigenvalue weighted by atomic mass is 9.80. The van der Waals surface area contributed by atoms with Gasteiger partial charge >= 0.3 is 0 Å². The summed E-state index contributed by atoms with van der Waals surface area (Å²) in [6.07, 6.45) is -4.40. The number of hydrogen-bond donors (Lipinski definition) is 1. The smallest absolute Gasteiger partial charge is 0.187 e. The molecule has 0 spiro atoms. The molecule has 210 valence electrons. The third-order valence-corrected chi connectivity index (χ3v) is 8.33. The van der Waals surface area contributed by atoms with Crippen molar-refractivity contribution in [1.29, 1.82) is 0 Å². The number of hydrogen-bond acceptors (Lipinski definition) is 9. The average Bonchev–Trinajstić information content (AvgIpc) is 3.54. The van der Waals surface area contributed by atoms with Crippen LogP contribution in [0, 0.1) is 5.92 Å². The van der Waals surface area contributed by atoms with Crippen molar-refractivity contribution >= 4 is 0 Å². The van der Waals surface area contributed by atoms with Gasteiger partial charge in [-0.3, -0.25) is 0 Å². The Labute approximate surface area is 228 Å². The van der Waals surface area contributed by atoms with Crippen molar-refractivity contribution in [3.63, 3.8) is 0 Å². The molecule has 9 heteroatoms. The fourth-order valence-corrected chi connectivity index (χ4v) is 6.52. The van der Waals surface area contributed by atoms with Crippen molar-refractivity contribution in [2.45, 2.75) is 94.1 Å². The molecule has 2 bridgehead atoms. The molecular formula is C30H36O9. The lowest BCUT2D eigenvalue weighted by Crippen LogP contribution is -2.62. The van der Waals surface area contributed by atoms with Gasteiger partial charge in [0.1, 0.15) is 36.6 Å². The zero-order valence-electron chi connectivity index (χ0n) is 22.2. The lowest BCUT2D eigenvalue weighted by Gasteiger charge is -2.49. The van der Waals surface area contributed by atoms with Crippen LogP contribution in [-0.4, -0.2) is 79.2 Å². The van der Waals surface area contributed by atoms with Crippen molar-refractivity contribution in [3.8, 4) is 0 Å². The Bertz CT molecular complexity index is 1110. The number of rotatable bonds is 6. The monoisotopic (exact) mass is 540 g/mol. The molecule has 1 saturated carbocycles. The van der Waals surface area contributed by atoms with Gasteiger partial charge in [-0.2, -0.15) is 0 Å². The highest BCUT2D eigenvalue weighted by Crippen LogP contribution is 2.45. The van der Waals surface area contributed by atoms with E-state index < -0.39 is 48.9 Å². The van der Waals surface area contributed by atoms with Crippen LogP contribution in [0.15, 0.2) is 60.7 Å². The van der Waals surface area contributed by atoms with Gasteiger partial charge in [-0.05, 0) is 25.8 Å². The molecule has 9 nitrogen and oxygen atoms in total. The predicted octanol–water partition coefficient (Wildman–Crippen LogP) is 3.10. The maximum Gasteiger partial charge on any atom is 0.187 e. The van der Waals surface area contributed by atoms with E-state index in [1.165, 1.54) is 0 Å². The van der Waals surface area contributed by atoms with E-state index in [9.17, 15) is 5.11 Å². The topological polar surface area (TPSA) is 94.1 Å². The molecule has 0 radical (unpaired) electrons. The summed E-state index contributed by atoms with van der Waals surface area (Å²) < 4.78 is 50.0. The molecule has 5 aliphatic rings. The largest absolute Gasteiger partial charge is 0.388 e. The van der Waals surface area contributed by atoms with E-state index in [-0.39, 0.29) is 24.2 Å². The van der Waals surface area contributed by atoms with E-state index in [1.54, 1.807) is 0 Å². The molecular weight excluding hydrogens is 504 g/mol. The van der Waals surface area contributed by atoms with Crippen LogP contribution in [0.5, 0.6) is 0 Å². The molecule has 4 heterocycles. The van der Waals surface area contributed by atoms with Gasteiger partial charge in [-0.15, -0.1) is 0 Å². The van der Waals surface area contributed by atoms with Crippen LogP contribution in [0.3, 0.4) is 0 Å².